The predicted octanol–water partition coefficient (Wildman–Crippen LogP) is 2.63. The van der Waals surface area contributed by atoms with Gasteiger partial charge in [0.25, 0.3) is 0 Å². The highest BCUT2D eigenvalue weighted by Gasteiger charge is 2.34. The molecule has 1 heterocycles. The van der Waals surface area contributed by atoms with E-state index >= 15 is 0 Å². The summed E-state index contributed by atoms with van der Waals surface area (Å²) in [6.45, 7) is 4.54. The molecule has 0 saturated carbocycles. The van der Waals surface area contributed by atoms with Crippen LogP contribution in [0.25, 0.3) is 0 Å². The zero-order chi connectivity index (χ0) is 13.7. The Labute approximate surface area is 127 Å². The number of rotatable bonds is 5. The highest BCUT2D eigenvalue weighted by Crippen LogP contribution is 2.28. The van der Waals surface area contributed by atoms with E-state index in [1.165, 1.54) is 5.56 Å². The molecule has 2 rings (SSSR count). The van der Waals surface area contributed by atoms with Crippen LogP contribution >= 0.6 is 12.4 Å². The van der Waals surface area contributed by atoms with Gasteiger partial charge in [-0.3, -0.25) is 4.79 Å². The minimum Gasteiger partial charge on any atom is -0.342 e. The maximum absolute atomic E-state index is 12.1. The van der Waals surface area contributed by atoms with Gasteiger partial charge in [-0.05, 0) is 36.8 Å². The molecule has 1 saturated heterocycles. The van der Waals surface area contributed by atoms with Crippen LogP contribution in [0.15, 0.2) is 30.3 Å². The molecule has 1 aromatic carbocycles. The summed E-state index contributed by atoms with van der Waals surface area (Å²) in [5, 5.41) is 0. The van der Waals surface area contributed by atoms with E-state index in [9.17, 15) is 4.79 Å². The van der Waals surface area contributed by atoms with E-state index in [0.29, 0.717) is 13.0 Å². The Morgan fingerprint density at radius 2 is 2.05 bits per heavy atom. The minimum absolute atomic E-state index is 0. The fraction of sp³-hybridized carbons (Fsp3) is 0.562. The third-order valence-corrected chi connectivity index (χ3v) is 4.10. The fourth-order valence-electron chi connectivity index (χ4n) is 2.65. The fourth-order valence-corrected chi connectivity index (χ4v) is 2.65. The van der Waals surface area contributed by atoms with E-state index in [1.807, 2.05) is 23.1 Å². The third kappa shape index (κ3) is 4.50. The van der Waals surface area contributed by atoms with E-state index in [2.05, 4.69) is 19.1 Å². The zero-order valence-corrected chi connectivity index (χ0v) is 13.0. The number of amides is 1. The van der Waals surface area contributed by atoms with Gasteiger partial charge in [-0.15, -0.1) is 12.4 Å². The smallest absolute Gasteiger partial charge is 0.222 e. The molecule has 0 radical (unpaired) electrons. The molecule has 0 aromatic heterocycles. The van der Waals surface area contributed by atoms with E-state index < -0.39 is 0 Å². The molecule has 2 N–H and O–H groups in total. The van der Waals surface area contributed by atoms with Crippen molar-refractivity contribution in [2.45, 2.75) is 32.6 Å². The highest BCUT2D eigenvalue weighted by atomic mass is 35.5. The molecule has 20 heavy (non-hydrogen) atoms. The topological polar surface area (TPSA) is 46.3 Å². The molecule has 1 aromatic rings. The highest BCUT2D eigenvalue weighted by molar-refractivity contribution is 5.85. The van der Waals surface area contributed by atoms with Crippen molar-refractivity contribution in [3.63, 3.8) is 0 Å². The molecule has 1 amide bonds. The number of hydrogen-bond acceptors (Lipinski definition) is 2. The van der Waals surface area contributed by atoms with Crippen LogP contribution in [0.5, 0.6) is 0 Å². The first-order chi connectivity index (χ1) is 9.13. The minimum atomic E-state index is 0. The average molecular weight is 297 g/mol. The lowest BCUT2D eigenvalue weighted by molar-refractivity contribution is -0.130. The van der Waals surface area contributed by atoms with Crippen molar-refractivity contribution in [1.82, 2.24) is 4.90 Å². The lowest BCUT2D eigenvalue weighted by atomic mass is 9.90. The lowest BCUT2D eigenvalue weighted by Gasteiger charge is -2.22. The standard InChI is InChI=1S/C16H24N2O.ClH/c1-16(12-17)10-11-18(13-16)15(19)9-5-8-14-6-3-2-4-7-14;/h2-4,6-7H,5,8-13,17H2,1H3;1H. The summed E-state index contributed by atoms with van der Waals surface area (Å²) in [6, 6.07) is 10.3. The first-order valence-electron chi connectivity index (χ1n) is 7.15. The maximum Gasteiger partial charge on any atom is 0.222 e. The van der Waals surface area contributed by atoms with Gasteiger partial charge < -0.3 is 10.6 Å². The van der Waals surface area contributed by atoms with Crippen LogP contribution in [-0.4, -0.2) is 30.4 Å². The summed E-state index contributed by atoms with van der Waals surface area (Å²) in [4.78, 5) is 14.1. The number of halogens is 1. The summed E-state index contributed by atoms with van der Waals surface area (Å²) in [5.74, 6) is 0.285. The lowest BCUT2D eigenvalue weighted by Crippen LogP contribution is -2.34. The van der Waals surface area contributed by atoms with Crippen molar-refractivity contribution >= 4 is 18.3 Å². The van der Waals surface area contributed by atoms with Crippen molar-refractivity contribution in [3.05, 3.63) is 35.9 Å². The number of likely N-dealkylation sites (tertiary alicyclic amines) is 1. The third-order valence-electron chi connectivity index (χ3n) is 4.10. The number of carbonyl (C=O) groups excluding carboxylic acids is 1. The van der Waals surface area contributed by atoms with Crippen molar-refractivity contribution in [1.29, 1.82) is 0 Å². The van der Waals surface area contributed by atoms with Gasteiger partial charge in [0.15, 0.2) is 0 Å². The van der Waals surface area contributed by atoms with Crippen LogP contribution in [0, 0.1) is 5.41 Å². The number of hydrogen-bond donors (Lipinski definition) is 1. The molecule has 3 nitrogen and oxygen atoms in total. The number of benzene rings is 1. The monoisotopic (exact) mass is 296 g/mol. The zero-order valence-electron chi connectivity index (χ0n) is 12.2. The molecule has 1 fully saturated rings. The second-order valence-corrected chi connectivity index (χ2v) is 5.92. The molecule has 1 aliphatic rings. The number of nitrogens with two attached hydrogens (primary N) is 1. The molecular formula is C16H25ClN2O. The SMILES string of the molecule is CC1(CN)CCN(C(=O)CCCc2ccccc2)C1.Cl. The van der Waals surface area contributed by atoms with Gasteiger partial charge >= 0.3 is 0 Å². The average Bonchev–Trinajstić information content (AvgIpc) is 2.83. The van der Waals surface area contributed by atoms with Gasteiger partial charge in [0.05, 0.1) is 0 Å². The first-order valence-corrected chi connectivity index (χ1v) is 7.15. The molecule has 1 unspecified atom stereocenters. The summed E-state index contributed by atoms with van der Waals surface area (Å²) in [7, 11) is 0. The number of carbonyl (C=O) groups is 1. The van der Waals surface area contributed by atoms with Crippen LogP contribution in [0.2, 0.25) is 0 Å². The molecule has 112 valence electrons. The van der Waals surface area contributed by atoms with Crippen LogP contribution in [0.3, 0.4) is 0 Å². The van der Waals surface area contributed by atoms with E-state index in [4.69, 9.17) is 5.73 Å². The van der Waals surface area contributed by atoms with Gasteiger partial charge in [0, 0.05) is 19.5 Å². The summed E-state index contributed by atoms with van der Waals surface area (Å²) in [5.41, 5.74) is 7.21. The second-order valence-electron chi connectivity index (χ2n) is 5.92. The summed E-state index contributed by atoms with van der Waals surface area (Å²) < 4.78 is 0. The van der Waals surface area contributed by atoms with Gasteiger partial charge in [-0.1, -0.05) is 37.3 Å². The molecule has 0 aliphatic carbocycles. The van der Waals surface area contributed by atoms with Crippen LogP contribution in [-0.2, 0) is 11.2 Å². The Morgan fingerprint density at radius 1 is 1.35 bits per heavy atom. The van der Waals surface area contributed by atoms with Gasteiger partial charge in [-0.2, -0.15) is 0 Å². The summed E-state index contributed by atoms with van der Waals surface area (Å²) >= 11 is 0. The molecule has 0 bridgehead atoms. The van der Waals surface area contributed by atoms with Crippen molar-refractivity contribution in [3.8, 4) is 0 Å². The predicted molar refractivity (Wildman–Crippen MR) is 85.0 cm³/mol. The van der Waals surface area contributed by atoms with E-state index in [0.717, 1.165) is 32.4 Å². The van der Waals surface area contributed by atoms with Crippen molar-refractivity contribution in [2.75, 3.05) is 19.6 Å². The summed E-state index contributed by atoms with van der Waals surface area (Å²) in [6.07, 6.45) is 3.59. The van der Waals surface area contributed by atoms with E-state index in [-0.39, 0.29) is 23.7 Å². The number of aryl methyl sites for hydroxylation is 1. The van der Waals surface area contributed by atoms with Crippen molar-refractivity contribution < 1.29 is 4.79 Å². The van der Waals surface area contributed by atoms with Gasteiger partial charge in [-0.25, -0.2) is 0 Å². The van der Waals surface area contributed by atoms with Crippen molar-refractivity contribution in [2.24, 2.45) is 11.1 Å². The number of nitrogens with zero attached hydrogens (tertiary/aromatic N) is 1. The Kier molecular flexibility index (Phi) is 6.50. The normalized spacial score (nSPS) is 21.6. The van der Waals surface area contributed by atoms with Crippen LogP contribution < -0.4 is 5.73 Å². The molecule has 1 aliphatic heterocycles. The molecule has 0 spiro atoms. The van der Waals surface area contributed by atoms with E-state index in [1.54, 1.807) is 0 Å². The van der Waals surface area contributed by atoms with Crippen LogP contribution in [0.4, 0.5) is 0 Å². The Bertz CT molecular complexity index is 424. The Hall–Kier alpha value is -1.06. The molecular weight excluding hydrogens is 272 g/mol. The van der Waals surface area contributed by atoms with Crippen LogP contribution in [0.1, 0.15) is 31.7 Å². The first kappa shape index (κ1) is 17.0. The van der Waals surface area contributed by atoms with Gasteiger partial charge in [0.2, 0.25) is 5.91 Å². The molecule has 1 atom stereocenters. The Morgan fingerprint density at radius 3 is 2.65 bits per heavy atom. The maximum atomic E-state index is 12.1. The second kappa shape index (κ2) is 7.65. The molecule has 4 heteroatoms. The quantitative estimate of drug-likeness (QED) is 0.908. The van der Waals surface area contributed by atoms with Gasteiger partial charge in [0.1, 0.15) is 0 Å². The largest absolute Gasteiger partial charge is 0.342 e. The Balaban J connectivity index is 0.00000200.